The molecule has 2 amide bonds. The van der Waals surface area contributed by atoms with Gasteiger partial charge in [-0.1, -0.05) is 23.7 Å². The predicted octanol–water partition coefficient (Wildman–Crippen LogP) is 4.02. The van der Waals surface area contributed by atoms with Crippen LogP contribution in [0, 0.1) is 0 Å². The van der Waals surface area contributed by atoms with Crippen LogP contribution in [0.5, 0.6) is 17.2 Å². The van der Waals surface area contributed by atoms with Gasteiger partial charge in [-0.15, -0.1) is 0 Å². The molecule has 0 radical (unpaired) electrons. The minimum absolute atomic E-state index is 0.0950. The summed E-state index contributed by atoms with van der Waals surface area (Å²) in [5.41, 5.74) is 2.92. The monoisotopic (exact) mass is 550 g/mol. The topological polar surface area (TPSA) is 115 Å². The van der Waals surface area contributed by atoms with Gasteiger partial charge < -0.3 is 34.7 Å². The maximum Gasteiger partial charge on any atom is 0.255 e. The average Bonchev–Trinajstić information content (AvgIpc) is 3.56. The Bertz CT molecular complexity index is 1400. The van der Waals surface area contributed by atoms with E-state index in [2.05, 4.69) is 10.6 Å². The lowest BCUT2D eigenvalue weighted by molar-refractivity contribution is -0.142. The molecule has 3 aromatic rings. The van der Waals surface area contributed by atoms with Gasteiger partial charge in [0.05, 0.1) is 19.1 Å². The number of carbonyl (C=O) groups excluding carboxylic acids is 2. The first-order chi connectivity index (χ1) is 19.0. The van der Waals surface area contributed by atoms with E-state index >= 15 is 0 Å². The van der Waals surface area contributed by atoms with Crippen LogP contribution in [0.15, 0.2) is 60.7 Å². The average molecular weight is 551 g/mol. The Labute approximate surface area is 230 Å². The van der Waals surface area contributed by atoms with Gasteiger partial charge in [0.25, 0.3) is 5.91 Å². The van der Waals surface area contributed by atoms with Gasteiger partial charge >= 0.3 is 0 Å². The molecule has 3 aromatic carbocycles. The van der Waals surface area contributed by atoms with Gasteiger partial charge in [0.15, 0.2) is 11.5 Å². The van der Waals surface area contributed by atoms with E-state index in [0.717, 1.165) is 11.1 Å². The zero-order valence-electron chi connectivity index (χ0n) is 20.9. The van der Waals surface area contributed by atoms with Crippen LogP contribution in [0.4, 0.5) is 5.69 Å². The van der Waals surface area contributed by atoms with Crippen molar-refractivity contribution in [2.75, 3.05) is 18.7 Å². The normalized spacial score (nSPS) is 22.4. The Kier molecular flexibility index (Phi) is 7.03. The van der Waals surface area contributed by atoms with E-state index in [1.54, 1.807) is 36.4 Å². The molecule has 202 valence electrons. The molecule has 3 heterocycles. The number of aliphatic hydroxyl groups is 1. The van der Waals surface area contributed by atoms with Crippen LogP contribution in [0.2, 0.25) is 5.02 Å². The molecule has 0 bridgehead atoms. The van der Waals surface area contributed by atoms with Gasteiger partial charge in [0.1, 0.15) is 18.0 Å². The Morgan fingerprint density at radius 3 is 2.59 bits per heavy atom. The Morgan fingerprint density at radius 2 is 1.77 bits per heavy atom. The first kappa shape index (κ1) is 25.5. The smallest absolute Gasteiger partial charge is 0.255 e. The summed E-state index contributed by atoms with van der Waals surface area (Å²) in [5.74, 6) is 1.31. The lowest BCUT2D eigenvalue weighted by Gasteiger charge is -2.37. The van der Waals surface area contributed by atoms with Crippen molar-refractivity contribution in [2.24, 2.45) is 0 Å². The first-order valence-corrected chi connectivity index (χ1v) is 13.1. The number of hydrogen-bond acceptors (Lipinski definition) is 7. The highest BCUT2D eigenvalue weighted by Gasteiger charge is 2.46. The number of ether oxygens (including phenoxy) is 4. The molecule has 3 aliphatic heterocycles. The van der Waals surface area contributed by atoms with Crippen LogP contribution >= 0.6 is 11.6 Å². The molecular formula is C29H27ClN2O7. The van der Waals surface area contributed by atoms with Gasteiger partial charge in [-0.25, -0.2) is 0 Å². The second-order valence-corrected chi connectivity index (χ2v) is 10.2. The number of anilines is 1. The fraction of sp³-hybridized carbons (Fsp3) is 0.310. The fourth-order valence-corrected chi connectivity index (χ4v) is 5.42. The van der Waals surface area contributed by atoms with Crippen LogP contribution in [-0.4, -0.2) is 48.6 Å². The van der Waals surface area contributed by atoms with Crippen molar-refractivity contribution in [2.45, 2.75) is 43.6 Å². The van der Waals surface area contributed by atoms with Crippen molar-refractivity contribution in [1.82, 2.24) is 5.32 Å². The largest absolute Gasteiger partial charge is 0.487 e. The zero-order valence-corrected chi connectivity index (χ0v) is 21.6. The summed E-state index contributed by atoms with van der Waals surface area (Å²) in [4.78, 5) is 25.6. The zero-order chi connectivity index (χ0) is 26.9. The van der Waals surface area contributed by atoms with Crippen LogP contribution in [0.1, 0.15) is 40.2 Å². The van der Waals surface area contributed by atoms with Crippen molar-refractivity contribution in [1.29, 1.82) is 0 Å². The molecule has 1 fully saturated rings. The van der Waals surface area contributed by atoms with Gasteiger partial charge in [0.2, 0.25) is 12.7 Å². The third kappa shape index (κ3) is 5.38. The first-order valence-electron chi connectivity index (χ1n) is 12.8. The number of hydrogen-bond donors (Lipinski definition) is 3. The summed E-state index contributed by atoms with van der Waals surface area (Å²) in [6, 6.07) is 17.8. The molecule has 0 aromatic heterocycles. The van der Waals surface area contributed by atoms with Gasteiger partial charge in [-0.05, 0) is 60.5 Å². The van der Waals surface area contributed by atoms with Gasteiger partial charge in [0, 0.05) is 34.3 Å². The number of aliphatic hydroxyl groups excluding tert-OH is 1. The molecule has 0 unspecified atom stereocenters. The number of carbonyl (C=O) groups is 2. The predicted molar refractivity (Wildman–Crippen MR) is 142 cm³/mol. The Hall–Kier alpha value is -3.79. The van der Waals surface area contributed by atoms with Crippen molar-refractivity contribution >= 4 is 29.1 Å². The lowest BCUT2D eigenvalue weighted by Crippen LogP contribution is -2.47. The van der Waals surface area contributed by atoms with Gasteiger partial charge in [-0.3, -0.25) is 9.59 Å². The maximum absolute atomic E-state index is 12.9. The van der Waals surface area contributed by atoms with Gasteiger partial charge in [-0.2, -0.15) is 0 Å². The molecule has 0 spiro atoms. The number of benzene rings is 3. The lowest BCUT2D eigenvalue weighted by atomic mass is 9.84. The molecule has 39 heavy (non-hydrogen) atoms. The van der Waals surface area contributed by atoms with Crippen LogP contribution < -0.4 is 24.8 Å². The number of halogens is 1. The van der Waals surface area contributed by atoms with Crippen LogP contribution in [0.25, 0.3) is 0 Å². The molecule has 3 N–H and O–H groups in total. The number of fused-ring (bicyclic) bond motifs is 4. The van der Waals surface area contributed by atoms with E-state index in [1.807, 2.05) is 24.3 Å². The molecule has 4 atom stereocenters. The van der Waals surface area contributed by atoms with E-state index < -0.39 is 12.2 Å². The van der Waals surface area contributed by atoms with Crippen molar-refractivity contribution < 1.29 is 33.6 Å². The quantitative estimate of drug-likeness (QED) is 0.407. The molecule has 0 saturated carbocycles. The summed E-state index contributed by atoms with van der Waals surface area (Å²) in [5, 5.41) is 16.5. The second kappa shape index (κ2) is 10.8. The Morgan fingerprint density at radius 1 is 0.974 bits per heavy atom. The number of nitrogens with one attached hydrogen (secondary N) is 2. The standard InChI is InChI=1S/C29H27ClN2O7/c30-18-4-1-16(2-5-18)13-31-27(34)12-20-11-22-21-10-19(6-8-23(21)39-28(22)26(14-33)38-20)32-29(35)17-3-7-24-25(9-17)37-15-36-24/h1-10,20,22,26,28,33H,11-15H2,(H,31,34)(H,32,35)/t20-,22+,26+,28-/m0/s1. The molecule has 0 aliphatic carbocycles. The molecular weight excluding hydrogens is 524 g/mol. The van der Waals surface area contributed by atoms with E-state index in [9.17, 15) is 14.7 Å². The molecule has 6 rings (SSSR count). The highest BCUT2D eigenvalue weighted by molar-refractivity contribution is 6.30. The van der Waals surface area contributed by atoms with Crippen molar-refractivity contribution in [3.8, 4) is 17.2 Å². The van der Waals surface area contributed by atoms with E-state index in [-0.39, 0.29) is 43.7 Å². The summed E-state index contributed by atoms with van der Waals surface area (Å²) in [6.45, 7) is 0.291. The van der Waals surface area contributed by atoms with E-state index in [1.165, 1.54) is 0 Å². The van der Waals surface area contributed by atoms with E-state index in [0.29, 0.717) is 46.5 Å². The fourth-order valence-electron chi connectivity index (χ4n) is 5.29. The highest BCUT2D eigenvalue weighted by Crippen LogP contribution is 2.47. The van der Waals surface area contributed by atoms with Crippen molar-refractivity contribution in [3.63, 3.8) is 0 Å². The summed E-state index contributed by atoms with van der Waals surface area (Å²) in [7, 11) is 0. The minimum Gasteiger partial charge on any atom is -0.487 e. The Balaban J connectivity index is 1.12. The minimum atomic E-state index is -0.572. The van der Waals surface area contributed by atoms with E-state index in [4.69, 9.17) is 30.5 Å². The number of amides is 2. The summed E-state index contributed by atoms with van der Waals surface area (Å²) >= 11 is 5.93. The van der Waals surface area contributed by atoms with Crippen molar-refractivity contribution in [3.05, 3.63) is 82.4 Å². The molecule has 10 heteroatoms. The molecule has 1 saturated heterocycles. The highest BCUT2D eigenvalue weighted by atomic mass is 35.5. The summed E-state index contributed by atoms with van der Waals surface area (Å²) < 4.78 is 22.9. The van der Waals surface area contributed by atoms with Crippen LogP contribution in [-0.2, 0) is 16.1 Å². The second-order valence-electron chi connectivity index (χ2n) is 9.79. The maximum atomic E-state index is 12.9. The van der Waals surface area contributed by atoms with Crippen LogP contribution in [0.3, 0.4) is 0 Å². The molecule has 9 nitrogen and oxygen atoms in total. The third-order valence-electron chi connectivity index (χ3n) is 7.21. The summed E-state index contributed by atoms with van der Waals surface area (Å²) in [6.07, 6.45) is -0.643. The number of rotatable bonds is 7. The molecule has 3 aliphatic rings. The third-order valence-corrected chi connectivity index (χ3v) is 7.46. The SMILES string of the molecule is O=C(C[C@@H]1C[C@@H]2c3cc(NC(=O)c4ccc5c(c4)OCO5)ccc3O[C@@H]2[C@@H](CO)O1)NCc1ccc(Cl)cc1.